The molecule has 144 valence electrons. The molecule has 2 fully saturated rings. The van der Waals surface area contributed by atoms with Crippen molar-refractivity contribution in [3.8, 4) is 5.75 Å². The predicted octanol–water partition coefficient (Wildman–Crippen LogP) is 2.96. The molecule has 0 spiro atoms. The Morgan fingerprint density at radius 3 is 2.78 bits per heavy atom. The molecule has 2 bridgehead atoms. The van der Waals surface area contributed by atoms with Gasteiger partial charge in [-0.2, -0.15) is 0 Å². The molecule has 27 heavy (non-hydrogen) atoms. The van der Waals surface area contributed by atoms with E-state index in [-0.39, 0.29) is 11.7 Å². The summed E-state index contributed by atoms with van der Waals surface area (Å²) < 4.78 is 13.7. The fraction of sp³-hybridized carbons (Fsp3) is 0.591. The van der Waals surface area contributed by atoms with E-state index in [4.69, 9.17) is 9.47 Å². The molecule has 5 atom stereocenters. The zero-order chi connectivity index (χ0) is 18.9. The topological polar surface area (TPSA) is 43.7 Å². The van der Waals surface area contributed by atoms with Gasteiger partial charge in [0.1, 0.15) is 11.5 Å². The lowest BCUT2D eigenvalue weighted by atomic mass is 9.65. The van der Waals surface area contributed by atoms with Crippen LogP contribution in [0.15, 0.2) is 18.2 Å². The molecule has 1 aromatic carbocycles. The molecule has 3 aliphatic heterocycles. The first-order chi connectivity index (χ1) is 13.0. The minimum atomic E-state index is 0.0544. The summed E-state index contributed by atoms with van der Waals surface area (Å²) >= 11 is 0. The van der Waals surface area contributed by atoms with Crippen LogP contribution in [0, 0.1) is 17.8 Å². The van der Waals surface area contributed by atoms with Crippen LogP contribution in [0.4, 0.5) is 0 Å². The summed E-state index contributed by atoms with van der Waals surface area (Å²) in [7, 11) is 6.15. The van der Waals surface area contributed by atoms with Crippen LogP contribution in [0.1, 0.15) is 30.6 Å². The molecule has 1 aromatic heterocycles. The maximum absolute atomic E-state index is 12.3. The van der Waals surface area contributed by atoms with Crippen LogP contribution in [0.25, 0.3) is 10.9 Å². The second kappa shape index (κ2) is 6.08. The lowest BCUT2D eigenvalue weighted by molar-refractivity contribution is -0.142. The van der Waals surface area contributed by atoms with Crippen molar-refractivity contribution in [3.05, 3.63) is 29.5 Å². The lowest BCUT2D eigenvalue weighted by Gasteiger charge is -2.54. The number of benzene rings is 1. The van der Waals surface area contributed by atoms with Crippen molar-refractivity contribution in [2.75, 3.05) is 27.4 Å². The van der Waals surface area contributed by atoms with Crippen molar-refractivity contribution in [2.45, 2.75) is 31.8 Å². The first-order valence-corrected chi connectivity index (χ1v) is 9.96. The summed E-state index contributed by atoms with van der Waals surface area (Å²) in [6.07, 6.45) is 2.07. The average molecular weight is 368 g/mol. The van der Waals surface area contributed by atoms with E-state index in [2.05, 4.69) is 41.8 Å². The Bertz CT molecular complexity index is 918. The number of aryl methyl sites for hydroxylation is 1. The average Bonchev–Trinajstić information content (AvgIpc) is 2.93. The second-order valence-electron chi connectivity index (χ2n) is 8.58. The van der Waals surface area contributed by atoms with Gasteiger partial charge < -0.3 is 14.0 Å². The van der Waals surface area contributed by atoms with Crippen LogP contribution in [0.5, 0.6) is 5.75 Å². The van der Waals surface area contributed by atoms with Gasteiger partial charge in [0.05, 0.1) is 31.9 Å². The normalized spacial score (nSPS) is 32.8. The highest BCUT2D eigenvalue weighted by Gasteiger charge is 2.51. The zero-order valence-electron chi connectivity index (χ0n) is 16.6. The van der Waals surface area contributed by atoms with Gasteiger partial charge in [0.15, 0.2) is 0 Å². The molecule has 0 aliphatic carbocycles. The molecule has 2 saturated heterocycles. The molecule has 2 aromatic rings. The Morgan fingerprint density at radius 2 is 2.04 bits per heavy atom. The van der Waals surface area contributed by atoms with Crippen molar-refractivity contribution in [2.24, 2.45) is 24.8 Å². The predicted molar refractivity (Wildman–Crippen MR) is 104 cm³/mol. The molecular weight excluding hydrogens is 340 g/mol. The highest BCUT2D eigenvalue weighted by Crippen LogP contribution is 2.51. The maximum Gasteiger partial charge on any atom is 0.135 e. The maximum atomic E-state index is 12.3. The van der Waals surface area contributed by atoms with Crippen LogP contribution in [-0.4, -0.2) is 48.7 Å². The Hall–Kier alpha value is -1.85. The Kier molecular flexibility index (Phi) is 3.89. The number of hydrogen-bond donors (Lipinski definition) is 0. The number of aromatic nitrogens is 1. The van der Waals surface area contributed by atoms with Gasteiger partial charge in [0.25, 0.3) is 0 Å². The number of piperidine rings is 1. The fourth-order valence-electron chi connectivity index (χ4n) is 6.08. The SMILES string of the molecule is COc1ccc2c3c(n(C)c2c1)[C@@H]1C[C@H]2C(C(C)=O)COC[C@H]2[C@H](C3)N1C. The van der Waals surface area contributed by atoms with E-state index in [1.165, 1.54) is 22.2 Å². The Balaban J connectivity index is 1.65. The van der Waals surface area contributed by atoms with Crippen molar-refractivity contribution in [1.29, 1.82) is 0 Å². The largest absolute Gasteiger partial charge is 0.497 e. The van der Waals surface area contributed by atoms with Crippen molar-refractivity contribution in [1.82, 2.24) is 9.47 Å². The van der Waals surface area contributed by atoms with Gasteiger partial charge in [-0.15, -0.1) is 0 Å². The molecular formula is C22H28N2O3. The number of rotatable bonds is 2. The summed E-state index contributed by atoms with van der Waals surface area (Å²) in [6, 6.07) is 7.22. The standard InChI is InChI=1S/C22H28N2O3/c1-12(25)17-10-27-11-18-15(17)8-21-22-16(9-20(18)23(21)2)14-6-5-13(26-4)7-19(14)24(22)3/h5-7,15,17-18,20-21H,8-11H2,1-4H3/t15-,17?,18+,20-,21-/m0/s1. The van der Waals surface area contributed by atoms with Gasteiger partial charge in [-0.1, -0.05) is 0 Å². The monoisotopic (exact) mass is 368 g/mol. The molecule has 0 N–H and O–H groups in total. The number of Topliss-reactive ketones (excluding diaryl/α,β-unsaturated/α-hetero) is 1. The highest BCUT2D eigenvalue weighted by molar-refractivity contribution is 5.87. The molecule has 5 rings (SSSR count). The molecule has 0 radical (unpaired) electrons. The number of fused-ring (bicyclic) bond motifs is 8. The fourth-order valence-corrected chi connectivity index (χ4v) is 6.08. The smallest absolute Gasteiger partial charge is 0.135 e. The number of carbonyl (C=O) groups is 1. The lowest BCUT2D eigenvalue weighted by Crippen LogP contribution is -2.58. The van der Waals surface area contributed by atoms with E-state index in [0.29, 0.717) is 30.5 Å². The number of nitrogens with zero attached hydrogens (tertiary/aromatic N) is 2. The third-order valence-corrected chi connectivity index (χ3v) is 7.49. The van der Waals surface area contributed by atoms with Crippen LogP contribution in [-0.2, 0) is 23.0 Å². The van der Waals surface area contributed by atoms with Gasteiger partial charge in [-0.05, 0) is 50.4 Å². The second-order valence-corrected chi connectivity index (χ2v) is 8.58. The van der Waals surface area contributed by atoms with Crippen LogP contribution in [0.2, 0.25) is 0 Å². The van der Waals surface area contributed by atoms with Crippen LogP contribution >= 0.6 is 0 Å². The van der Waals surface area contributed by atoms with Gasteiger partial charge in [0, 0.05) is 42.1 Å². The Labute approximate surface area is 160 Å². The van der Waals surface area contributed by atoms with Crippen molar-refractivity contribution >= 4 is 16.7 Å². The molecule has 1 unspecified atom stereocenters. The third kappa shape index (κ3) is 2.34. The van der Waals surface area contributed by atoms with E-state index in [1.54, 1.807) is 14.0 Å². The van der Waals surface area contributed by atoms with Crippen molar-refractivity contribution in [3.63, 3.8) is 0 Å². The highest BCUT2D eigenvalue weighted by atomic mass is 16.5. The number of ether oxygens (including phenoxy) is 2. The number of methoxy groups -OCH3 is 1. The van der Waals surface area contributed by atoms with E-state index >= 15 is 0 Å². The van der Waals surface area contributed by atoms with Crippen LogP contribution < -0.4 is 4.74 Å². The van der Waals surface area contributed by atoms with Gasteiger partial charge in [-0.3, -0.25) is 9.69 Å². The number of hydrogen-bond acceptors (Lipinski definition) is 4. The third-order valence-electron chi connectivity index (χ3n) is 7.49. The molecule has 0 saturated carbocycles. The van der Waals surface area contributed by atoms with Crippen molar-refractivity contribution < 1.29 is 14.3 Å². The van der Waals surface area contributed by atoms with Gasteiger partial charge >= 0.3 is 0 Å². The summed E-state index contributed by atoms with van der Waals surface area (Å²) in [6.45, 7) is 3.11. The zero-order valence-corrected chi connectivity index (χ0v) is 16.6. The van der Waals surface area contributed by atoms with Crippen LogP contribution in [0.3, 0.4) is 0 Å². The summed E-state index contributed by atoms with van der Waals surface area (Å²) in [5.74, 6) is 2.11. The van der Waals surface area contributed by atoms with E-state index in [1.807, 2.05) is 0 Å². The molecule has 5 heteroatoms. The minimum absolute atomic E-state index is 0.0544. The Morgan fingerprint density at radius 1 is 1.22 bits per heavy atom. The van der Waals surface area contributed by atoms with Gasteiger partial charge in [0.2, 0.25) is 0 Å². The molecule has 0 amide bonds. The van der Waals surface area contributed by atoms with E-state index in [0.717, 1.165) is 25.2 Å². The number of ketones is 1. The quantitative estimate of drug-likeness (QED) is 0.817. The summed E-state index contributed by atoms with van der Waals surface area (Å²) in [5.41, 5.74) is 4.14. The molecule has 5 nitrogen and oxygen atoms in total. The molecule has 3 aliphatic rings. The van der Waals surface area contributed by atoms with E-state index < -0.39 is 0 Å². The van der Waals surface area contributed by atoms with E-state index in [9.17, 15) is 4.79 Å². The number of likely N-dealkylation sites (N-methyl/N-ethyl adjacent to an activating group) is 1. The first-order valence-electron chi connectivity index (χ1n) is 9.96. The number of carbonyl (C=O) groups excluding carboxylic acids is 1. The first kappa shape index (κ1) is 17.3. The molecule has 4 heterocycles. The summed E-state index contributed by atoms with van der Waals surface area (Å²) in [4.78, 5) is 14.8. The van der Waals surface area contributed by atoms with Gasteiger partial charge in [-0.25, -0.2) is 0 Å². The minimum Gasteiger partial charge on any atom is -0.497 e. The summed E-state index contributed by atoms with van der Waals surface area (Å²) in [5, 5.41) is 1.34.